The molecular weight excluding hydrogens is 377 g/mol. The van der Waals surface area contributed by atoms with Gasteiger partial charge in [0.05, 0.1) is 0 Å². The zero-order chi connectivity index (χ0) is 11.6. The van der Waals surface area contributed by atoms with Gasteiger partial charge in [-0.2, -0.15) is 0 Å². The van der Waals surface area contributed by atoms with Crippen molar-refractivity contribution in [3.63, 3.8) is 0 Å². The minimum absolute atomic E-state index is 1.35. The monoisotopic (exact) mass is 402 g/mol. The molecule has 3 heteroatoms. The van der Waals surface area contributed by atoms with Crippen molar-refractivity contribution >= 4 is 37.6 Å². The van der Waals surface area contributed by atoms with Gasteiger partial charge in [-0.25, -0.2) is 0 Å². The molecule has 0 rings (SSSR count). The number of hydrogen-bond acceptors (Lipinski definition) is 0. The normalized spacial score (nSPS) is 12.0. The Morgan fingerprint density at radius 1 is 0.667 bits per heavy atom. The molecule has 0 unspecified atom stereocenters. The molecule has 0 N–H and O–H groups in total. The molecule has 0 aromatic rings. The predicted molar refractivity (Wildman–Crippen MR) is 81.5 cm³/mol. The van der Waals surface area contributed by atoms with Crippen LogP contribution in [0.15, 0.2) is 0 Å². The quantitative estimate of drug-likeness (QED) is 0.294. The number of unbranched alkanes of at least 4 members (excludes halogenated alkanes) is 6. The van der Waals surface area contributed by atoms with Crippen LogP contribution in [0.4, 0.5) is 0 Å². The van der Waals surface area contributed by atoms with Gasteiger partial charge in [0.1, 0.15) is 0 Å². The molecule has 0 saturated carbocycles. The average Bonchev–Trinajstić information content (AvgIpc) is 2.20. The van der Waals surface area contributed by atoms with Crippen molar-refractivity contribution in [1.82, 2.24) is 0 Å². The second kappa shape index (κ2) is 10.6. The van der Waals surface area contributed by atoms with Gasteiger partial charge in [-0.3, -0.25) is 0 Å². The summed E-state index contributed by atoms with van der Waals surface area (Å²) >= 11 is 7.98. The summed E-state index contributed by atoms with van der Waals surface area (Å²) in [6.07, 6.45) is 11.2. The summed E-state index contributed by atoms with van der Waals surface area (Å²) in [5.74, 6) is 0. The van der Waals surface area contributed by atoms with Crippen LogP contribution < -0.4 is 0 Å². The standard InChI is InChI=1S/C12H26Br2Ge/c1-3-5-7-9-11-15(13,14)12-10-8-6-4-2/h3-12H2,1-2H3. The summed E-state index contributed by atoms with van der Waals surface area (Å²) < 4.78 is 0. The molecule has 0 atom stereocenters. The van der Waals surface area contributed by atoms with Crippen LogP contribution in [-0.4, -0.2) is 9.58 Å². The first kappa shape index (κ1) is 16.5. The molecule has 0 nitrogen and oxygen atoms in total. The van der Waals surface area contributed by atoms with Gasteiger partial charge in [-0.1, -0.05) is 0 Å². The molecule has 0 aromatic carbocycles. The van der Waals surface area contributed by atoms with Gasteiger partial charge < -0.3 is 0 Å². The van der Waals surface area contributed by atoms with E-state index in [0.717, 1.165) is 0 Å². The van der Waals surface area contributed by atoms with Gasteiger partial charge in [0.2, 0.25) is 0 Å². The van der Waals surface area contributed by atoms with Gasteiger partial charge in [-0.15, -0.1) is 0 Å². The Labute approximate surface area is 113 Å². The SMILES string of the molecule is CCCCC[CH2][Ge]([Br])([Br])[CH2]CCCCC. The van der Waals surface area contributed by atoms with Crippen LogP contribution in [0.2, 0.25) is 10.5 Å². The Bertz CT molecular complexity index is 124. The number of halogens is 2. The molecule has 0 aliphatic heterocycles. The van der Waals surface area contributed by atoms with Gasteiger partial charge in [-0.05, 0) is 0 Å². The first-order valence-electron chi connectivity index (χ1n) is 6.50. The van der Waals surface area contributed by atoms with Gasteiger partial charge in [0.15, 0.2) is 0 Å². The van der Waals surface area contributed by atoms with E-state index in [1.807, 2.05) is 0 Å². The number of rotatable bonds is 10. The van der Waals surface area contributed by atoms with Crippen molar-refractivity contribution in [2.45, 2.75) is 75.7 Å². The van der Waals surface area contributed by atoms with Gasteiger partial charge >= 0.3 is 113 Å². The Balaban J connectivity index is 3.40. The van der Waals surface area contributed by atoms with Crippen LogP contribution in [0.3, 0.4) is 0 Å². The van der Waals surface area contributed by atoms with Crippen LogP contribution in [0.25, 0.3) is 0 Å². The van der Waals surface area contributed by atoms with Crippen LogP contribution >= 0.6 is 28.0 Å². The molecule has 0 heterocycles. The van der Waals surface area contributed by atoms with E-state index in [1.165, 1.54) is 61.9 Å². The predicted octanol–water partition coefficient (Wildman–Crippen LogP) is 6.38. The minimum atomic E-state index is -1.67. The molecule has 15 heavy (non-hydrogen) atoms. The Kier molecular flexibility index (Phi) is 11.7. The molecule has 0 aliphatic rings. The fourth-order valence-electron chi connectivity index (χ4n) is 1.75. The molecular formula is C12H26Br2Ge. The fourth-order valence-corrected chi connectivity index (χ4v) is 11.3. The molecule has 0 fully saturated rings. The van der Waals surface area contributed by atoms with Crippen LogP contribution in [0, 0.1) is 0 Å². The van der Waals surface area contributed by atoms with E-state index in [4.69, 9.17) is 0 Å². The molecule has 0 aromatic heterocycles. The summed E-state index contributed by atoms with van der Waals surface area (Å²) in [6.45, 7) is 4.56. The van der Waals surface area contributed by atoms with Crippen molar-refractivity contribution in [3.8, 4) is 0 Å². The van der Waals surface area contributed by atoms with Crippen LogP contribution in [0.1, 0.15) is 65.2 Å². The maximum absolute atomic E-state index is 3.99. The van der Waals surface area contributed by atoms with E-state index < -0.39 is 9.58 Å². The Morgan fingerprint density at radius 2 is 1.07 bits per heavy atom. The average molecular weight is 403 g/mol. The van der Waals surface area contributed by atoms with Crippen molar-refractivity contribution in [2.75, 3.05) is 0 Å². The van der Waals surface area contributed by atoms with E-state index in [2.05, 4.69) is 41.9 Å². The Morgan fingerprint density at radius 3 is 1.40 bits per heavy atom. The second-order valence-electron chi connectivity index (χ2n) is 4.48. The molecule has 0 bridgehead atoms. The maximum atomic E-state index is 3.99. The third-order valence-corrected chi connectivity index (χ3v) is 15.6. The van der Waals surface area contributed by atoms with E-state index in [1.54, 1.807) is 0 Å². The van der Waals surface area contributed by atoms with Crippen molar-refractivity contribution in [2.24, 2.45) is 0 Å². The Hall–Kier alpha value is 1.50. The van der Waals surface area contributed by atoms with Crippen molar-refractivity contribution < 1.29 is 0 Å². The van der Waals surface area contributed by atoms with Crippen molar-refractivity contribution in [3.05, 3.63) is 0 Å². The first-order valence-corrected chi connectivity index (χ1v) is 19.3. The van der Waals surface area contributed by atoms with E-state index in [9.17, 15) is 0 Å². The molecule has 0 spiro atoms. The molecule has 0 saturated heterocycles. The third kappa shape index (κ3) is 11.8. The zero-order valence-corrected chi connectivity index (χ0v) is 15.6. The number of hydrogen-bond donors (Lipinski definition) is 0. The van der Waals surface area contributed by atoms with E-state index >= 15 is 0 Å². The summed E-state index contributed by atoms with van der Waals surface area (Å²) in [6, 6.07) is 0. The van der Waals surface area contributed by atoms with Gasteiger partial charge in [0, 0.05) is 0 Å². The van der Waals surface area contributed by atoms with Crippen molar-refractivity contribution in [1.29, 1.82) is 0 Å². The third-order valence-electron chi connectivity index (χ3n) is 2.79. The van der Waals surface area contributed by atoms with Gasteiger partial charge in [0.25, 0.3) is 0 Å². The first-order chi connectivity index (χ1) is 7.12. The van der Waals surface area contributed by atoms with Crippen LogP contribution in [0.5, 0.6) is 0 Å². The molecule has 92 valence electrons. The summed E-state index contributed by atoms with van der Waals surface area (Å²) in [5.41, 5.74) is 0. The second-order valence-corrected chi connectivity index (χ2v) is 31.5. The molecule has 0 aliphatic carbocycles. The fraction of sp³-hybridized carbons (Fsp3) is 1.00. The summed E-state index contributed by atoms with van der Waals surface area (Å²) in [7, 11) is -1.67. The summed E-state index contributed by atoms with van der Waals surface area (Å²) in [4.78, 5) is 0. The van der Waals surface area contributed by atoms with E-state index in [-0.39, 0.29) is 0 Å². The molecule has 0 amide bonds. The molecule has 0 radical (unpaired) electrons. The topological polar surface area (TPSA) is 0 Å². The van der Waals surface area contributed by atoms with E-state index in [0.29, 0.717) is 0 Å². The van der Waals surface area contributed by atoms with Crippen LogP contribution in [-0.2, 0) is 0 Å². The summed E-state index contributed by atoms with van der Waals surface area (Å²) in [5, 5.41) is 2.90. The zero-order valence-electron chi connectivity index (χ0n) is 10.3.